The molecule has 0 aliphatic carbocycles. The molecule has 2 amide bonds. The van der Waals surface area contributed by atoms with Gasteiger partial charge in [-0.1, -0.05) is 174 Å². The minimum absolute atomic E-state index is 0.0328. The van der Waals surface area contributed by atoms with Gasteiger partial charge in [-0.2, -0.15) is 0 Å². The first-order valence-electron chi connectivity index (χ1n) is 21.3. The van der Waals surface area contributed by atoms with Gasteiger partial charge >= 0.3 is 0 Å². The van der Waals surface area contributed by atoms with E-state index in [-0.39, 0.29) is 11.8 Å². The highest BCUT2D eigenvalue weighted by atomic mass is 16.2. The van der Waals surface area contributed by atoms with Gasteiger partial charge in [0.15, 0.2) is 0 Å². The normalized spacial score (nSPS) is 12.8. The average Bonchev–Trinajstić information content (AvgIpc) is 3.62. The topological polar surface area (TPSA) is 86.9 Å². The third-order valence-electron chi connectivity index (χ3n) is 10.0. The van der Waals surface area contributed by atoms with E-state index in [0.29, 0.717) is 19.4 Å². The average molecular weight is 685 g/mol. The van der Waals surface area contributed by atoms with Crippen LogP contribution in [0.2, 0.25) is 0 Å². The van der Waals surface area contributed by atoms with E-state index in [1.165, 1.54) is 148 Å². The van der Waals surface area contributed by atoms with Gasteiger partial charge < -0.3 is 15.6 Å². The van der Waals surface area contributed by atoms with Gasteiger partial charge in [0.1, 0.15) is 6.04 Å². The predicted octanol–water partition coefficient (Wildman–Crippen LogP) is 12.1. The number of unbranched alkanes of at least 4 members (excludes halogenated alkanes) is 20. The van der Waals surface area contributed by atoms with Gasteiger partial charge in [-0.25, -0.2) is 4.98 Å². The number of allylic oxidation sites excluding steroid dienone is 2. The van der Waals surface area contributed by atoms with Gasteiger partial charge in [-0.3, -0.25) is 9.59 Å². The third kappa shape index (κ3) is 28.3. The number of hydrogen-bond acceptors (Lipinski definition) is 3. The summed E-state index contributed by atoms with van der Waals surface area (Å²) >= 11 is 0. The molecule has 284 valence electrons. The zero-order valence-corrected chi connectivity index (χ0v) is 32.6. The van der Waals surface area contributed by atoms with Crippen molar-refractivity contribution < 1.29 is 9.59 Å². The summed E-state index contributed by atoms with van der Waals surface area (Å²) < 4.78 is 0. The Morgan fingerprint density at radius 3 is 1.80 bits per heavy atom. The highest BCUT2D eigenvalue weighted by Crippen LogP contribution is 2.22. The molecular formula is C43H80N4O2. The molecule has 1 aromatic rings. The van der Waals surface area contributed by atoms with E-state index < -0.39 is 6.04 Å². The fourth-order valence-corrected chi connectivity index (χ4v) is 6.91. The van der Waals surface area contributed by atoms with Crippen molar-refractivity contribution in [2.24, 2.45) is 5.92 Å². The first kappa shape index (κ1) is 44.9. The Kier molecular flexibility index (Phi) is 31.5. The van der Waals surface area contributed by atoms with E-state index in [4.69, 9.17) is 0 Å². The molecule has 1 heterocycles. The lowest BCUT2D eigenvalue weighted by Gasteiger charge is -2.18. The second-order valence-corrected chi connectivity index (χ2v) is 14.8. The smallest absolute Gasteiger partial charge is 0.242 e. The number of imidazole rings is 1. The number of nitrogens with zero attached hydrogens (tertiary/aromatic N) is 1. The van der Waals surface area contributed by atoms with Gasteiger partial charge in [0, 0.05) is 31.3 Å². The van der Waals surface area contributed by atoms with Crippen LogP contribution in [0.4, 0.5) is 0 Å². The first-order valence-corrected chi connectivity index (χ1v) is 21.3. The van der Waals surface area contributed by atoms with Crippen molar-refractivity contribution in [1.82, 2.24) is 20.6 Å². The van der Waals surface area contributed by atoms with E-state index in [9.17, 15) is 9.59 Å². The summed E-state index contributed by atoms with van der Waals surface area (Å²) in [5.41, 5.74) is 0.860. The summed E-state index contributed by atoms with van der Waals surface area (Å²) in [7, 11) is 0. The number of aromatic nitrogens is 2. The minimum atomic E-state index is -0.569. The van der Waals surface area contributed by atoms with Crippen LogP contribution < -0.4 is 10.6 Å². The molecule has 1 rings (SSSR count). The highest BCUT2D eigenvalue weighted by molar-refractivity contribution is 5.87. The number of rotatable bonds is 36. The zero-order chi connectivity index (χ0) is 35.5. The Labute approximate surface area is 303 Å². The molecule has 0 radical (unpaired) electrons. The lowest BCUT2D eigenvalue weighted by molar-refractivity contribution is -0.129. The van der Waals surface area contributed by atoms with Gasteiger partial charge in [-0.05, 0) is 44.4 Å². The molecule has 1 aromatic heterocycles. The van der Waals surface area contributed by atoms with Crippen LogP contribution in [-0.2, 0) is 16.0 Å². The maximum atomic E-state index is 13.0. The van der Waals surface area contributed by atoms with E-state index in [2.05, 4.69) is 53.5 Å². The molecule has 6 nitrogen and oxygen atoms in total. The number of aromatic amines is 1. The summed E-state index contributed by atoms with van der Waals surface area (Å²) in [6.45, 7) is 7.57. The van der Waals surface area contributed by atoms with Gasteiger partial charge in [0.25, 0.3) is 0 Å². The van der Waals surface area contributed by atoms with Crippen molar-refractivity contribution in [2.45, 2.75) is 219 Å². The van der Waals surface area contributed by atoms with Crippen LogP contribution in [0, 0.1) is 5.92 Å². The Morgan fingerprint density at radius 2 is 1.20 bits per heavy atom. The summed E-state index contributed by atoms with van der Waals surface area (Å²) in [4.78, 5) is 33.0. The molecule has 2 unspecified atom stereocenters. The number of nitrogens with one attached hydrogen (secondary N) is 3. The van der Waals surface area contributed by atoms with Crippen molar-refractivity contribution >= 4 is 11.8 Å². The first-order chi connectivity index (χ1) is 24.1. The molecule has 3 N–H and O–H groups in total. The van der Waals surface area contributed by atoms with Crippen LogP contribution in [0.1, 0.15) is 213 Å². The summed E-state index contributed by atoms with van der Waals surface area (Å²) in [5, 5.41) is 6.09. The molecule has 0 aromatic carbocycles. The molecule has 0 bridgehead atoms. The Hall–Kier alpha value is -2.11. The number of H-pyrrole nitrogens is 1. The SMILES string of the molecule is CCCCCCCCC=CCCCCCCCC(=O)NC(Cc1cnc[nH]1)C(=O)NCCCCCCCCCCCC(CCC)CCCC. The van der Waals surface area contributed by atoms with Crippen LogP contribution in [0.15, 0.2) is 24.7 Å². The second-order valence-electron chi connectivity index (χ2n) is 14.8. The van der Waals surface area contributed by atoms with Crippen LogP contribution in [0.3, 0.4) is 0 Å². The number of amides is 2. The Balaban J connectivity index is 2.12. The number of carbonyl (C=O) groups excluding carboxylic acids is 2. The van der Waals surface area contributed by atoms with Crippen molar-refractivity contribution in [3.05, 3.63) is 30.4 Å². The highest BCUT2D eigenvalue weighted by Gasteiger charge is 2.21. The molecular weight excluding hydrogens is 604 g/mol. The second kappa shape index (κ2) is 34.3. The van der Waals surface area contributed by atoms with E-state index in [1.807, 2.05) is 0 Å². The monoisotopic (exact) mass is 685 g/mol. The van der Waals surface area contributed by atoms with Crippen molar-refractivity contribution in [3.8, 4) is 0 Å². The third-order valence-corrected chi connectivity index (χ3v) is 10.0. The van der Waals surface area contributed by atoms with Crippen LogP contribution in [0.5, 0.6) is 0 Å². The molecule has 49 heavy (non-hydrogen) atoms. The largest absolute Gasteiger partial charge is 0.354 e. The molecule has 2 atom stereocenters. The lowest BCUT2D eigenvalue weighted by atomic mass is 9.91. The van der Waals surface area contributed by atoms with Crippen LogP contribution >= 0.6 is 0 Å². The number of hydrogen-bond donors (Lipinski definition) is 3. The van der Waals surface area contributed by atoms with Crippen molar-refractivity contribution in [3.63, 3.8) is 0 Å². The van der Waals surface area contributed by atoms with Gasteiger partial charge in [0.05, 0.1) is 6.33 Å². The standard InChI is InChI=1S/C43H80N4O2/c1-4-7-9-10-11-12-13-14-15-16-17-20-23-26-29-34-42(48)47-41(36-40-37-44-38-46-40)43(49)45-35-30-27-24-21-18-19-22-25-28-33-39(31-6-3)32-8-5-2/h14-15,37-39,41H,4-13,16-36H2,1-3H3,(H,44,46)(H,45,49)(H,47,48). The molecule has 0 saturated carbocycles. The quantitative estimate of drug-likeness (QED) is 0.0485. The Morgan fingerprint density at radius 1 is 0.653 bits per heavy atom. The molecule has 0 saturated heterocycles. The number of carbonyl (C=O) groups is 2. The molecule has 0 aliphatic rings. The summed E-state index contributed by atoms with van der Waals surface area (Å²) in [6, 6.07) is -0.569. The zero-order valence-electron chi connectivity index (χ0n) is 32.6. The summed E-state index contributed by atoms with van der Waals surface area (Å²) in [5.74, 6) is 0.836. The fraction of sp³-hybridized carbons (Fsp3) is 0.837. The van der Waals surface area contributed by atoms with Crippen molar-refractivity contribution in [1.29, 1.82) is 0 Å². The maximum Gasteiger partial charge on any atom is 0.242 e. The molecule has 0 aliphatic heterocycles. The van der Waals surface area contributed by atoms with E-state index in [1.54, 1.807) is 12.5 Å². The fourth-order valence-electron chi connectivity index (χ4n) is 6.91. The molecule has 0 spiro atoms. The Bertz CT molecular complexity index is 884. The minimum Gasteiger partial charge on any atom is -0.354 e. The van der Waals surface area contributed by atoms with E-state index in [0.717, 1.165) is 43.7 Å². The van der Waals surface area contributed by atoms with Gasteiger partial charge in [0.2, 0.25) is 11.8 Å². The molecule has 6 heteroatoms. The van der Waals surface area contributed by atoms with Crippen LogP contribution in [0.25, 0.3) is 0 Å². The lowest BCUT2D eigenvalue weighted by Crippen LogP contribution is -2.48. The maximum absolute atomic E-state index is 13.0. The van der Waals surface area contributed by atoms with E-state index >= 15 is 0 Å². The molecule has 0 fully saturated rings. The van der Waals surface area contributed by atoms with Crippen LogP contribution in [-0.4, -0.2) is 34.4 Å². The summed E-state index contributed by atoms with van der Waals surface area (Å²) in [6.07, 6.45) is 44.9. The predicted molar refractivity (Wildman–Crippen MR) is 211 cm³/mol. The van der Waals surface area contributed by atoms with Crippen molar-refractivity contribution in [2.75, 3.05) is 6.54 Å². The van der Waals surface area contributed by atoms with Gasteiger partial charge in [-0.15, -0.1) is 0 Å².